The maximum absolute atomic E-state index is 12.1. The molecule has 1 atom stereocenters. The molecular weight excluding hydrogens is 342 g/mol. The minimum Gasteiger partial charge on any atom is -0.444 e. The molecule has 1 unspecified atom stereocenters. The number of nitrogens with zero attached hydrogens (tertiary/aromatic N) is 3. The SMILES string of the molecule is CC(=O)SC1CC(=O)N(CCN2CCN(C(=O)OC(C)(C)C)CC2)C1. The Bertz CT molecular complexity index is 513. The van der Waals surface area contributed by atoms with E-state index < -0.39 is 5.60 Å². The fourth-order valence-electron chi connectivity index (χ4n) is 3.01. The number of hydrogen-bond acceptors (Lipinski definition) is 6. The third kappa shape index (κ3) is 6.51. The first-order chi connectivity index (χ1) is 11.6. The van der Waals surface area contributed by atoms with Crippen LogP contribution in [0.1, 0.15) is 34.1 Å². The van der Waals surface area contributed by atoms with Crippen LogP contribution >= 0.6 is 11.8 Å². The van der Waals surface area contributed by atoms with Crippen LogP contribution in [-0.4, -0.2) is 88.5 Å². The molecule has 2 amide bonds. The van der Waals surface area contributed by atoms with Crippen LogP contribution in [0.3, 0.4) is 0 Å². The van der Waals surface area contributed by atoms with Gasteiger partial charge in [0.1, 0.15) is 5.60 Å². The number of amides is 2. The van der Waals surface area contributed by atoms with Crippen LogP contribution in [0, 0.1) is 0 Å². The van der Waals surface area contributed by atoms with E-state index in [0.717, 1.165) is 19.6 Å². The Morgan fingerprint density at radius 3 is 2.36 bits per heavy atom. The summed E-state index contributed by atoms with van der Waals surface area (Å²) in [5, 5.41) is 0.159. The topological polar surface area (TPSA) is 70.2 Å². The molecule has 2 saturated heterocycles. The second kappa shape index (κ2) is 8.40. The van der Waals surface area contributed by atoms with Gasteiger partial charge in [0.15, 0.2) is 5.12 Å². The zero-order chi connectivity index (χ0) is 18.6. The van der Waals surface area contributed by atoms with Crippen LogP contribution < -0.4 is 0 Å². The van der Waals surface area contributed by atoms with Gasteiger partial charge >= 0.3 is 6.09 Å². The Balaban J connectivity index is 1.69. The van der Waals surface area contributed by atoms with E-state index in [1.54, 1.807) is 11.8 Å². The monoisotopic (exact) mass is 371 g/mol. The van der Waals surface area contributed by atoms with Crippen LogP contribution in [0.4, 0.5) is 4.79 Å². The van der Waals surface area contributed by atoms with Gasteiger partial charge in [-0.1, -0.05) is 11.8 Å². The fourth-order valence-corrected chi connectivity index (χ4v) is 3.96. The summed E-state index contributed by atoms with van der Waals surface area (Å²) in [6.45, 7) is 12.1. The van der Waals surface area contributed by atoms with Gasteiger partial charge in [-0.05, 0) is 20.8 Å². The summed E-state index contributed by atoms with van der Waals surface area (Å²) in [7, 11) is 0. The highest BCUT2D eigenvalue weighted by molar-refractivity contribution is 8.14. The number of piperazine rings is 1. The predicted molar refractivity (Wildman–Crippen MR) is 97.5 cm³/mol. The lowest BCUT2D eigenvalue weighted by Gasteiger charge is -2.36. The van der Waals surface area contributed by atoms with Gasteiger partial charge < -0.3 is 14.5 Å². The first-order valence-electron chi connectivity index (χ1n) is 8.79. The summed E-state index contributed by atoms with van der Waals surface area (Å²) in [6, 6.07) is 0. The Morgan fingerprint density at radius 2 is 1.80 bits per heavy atom. The van der Waals surface area contributed by atoms with Gasteiger partial charge in [-0.15, -0.1) is 0 Å². The van der Waals surface area contributed by atoms with Crippen molar-refractivity contribution in [3.63, 3.8) is 0 Å². The van der Waals surface area contributed by atoms with Gasteiger partial charge in [-0.2, -0.15) is 0 Å². The number of carbonyl (C=O) groups is 3. The first kappa shape index (κ1) is 20.0. The van der Waals surface area contributed by atoms with Gasteiger partial charge in [0.05, 0.1) is 0 Å². The smallest absolute Gasteiger partial charge is 0.410 e. The lowest BCUT2D eigenvalue weighted by Crippen LogP contribution is -2.51. The maximum Gasteiger partial charge on any atom is 0.410 e. The Hall–Kier alpha value is -1.28. The molecule has 7 nitrogen and oxygen atoms in total. The predicted octanol–water partition coefficient (Wildman–Crippen LogP) is 1.42. The van der Waals surface area contributed by atoms with Crippen molar-refractivity contribution in [1.29, 1.82) is 0 Å². The Labute approximate surface area is 154 Å². The molecule has 8 heteroatoms. The van der Waals surface area contributed by atoms with Crippen molar-refractivity contribution in [2.75, 3.05) is 45.8 Å². The zero-order valence-corrected chi connectivity index (χ0v) is 16.4. The van der Waals surface area contributed by atoms with E-state index in [4.69, 9.17) is 4.74 Å². The molecule has 2 rings (SSSR count). The van der Waals surface area contributed by atoms with E-state index in [2.05, 4.69) is 4.90 Å². The first-order valence-corrected chi connectivity index (χ1v) is 9.67. The second-order valence-electron chi connectivity index (χ2n) is 7.58. The number of likely N-dealkylation sites (tertiary alicyclic amines) is 1. The summed E-state index contributed by atoms with van der Waals surface area (Å²) in [5.41, 5.74) is -0.473. The number of hydrogen-bond donors (Lipinski definition) is 0. The van der Waals surface area contributed by atoms with E-state index in [-0.39, 0.29) is 22.4 Å². The summed E-state index contributed by atoms with van der Waals surface area (Å²) in [6.07, 6.45) is 0.197. The lowest BCUT2D eigenvalue weighted by atomic mass is 10.2. The molecule has 0 aliphatic carbocycles. The number of ether oxygens (including phenoxy) is 1. The van der Waals surface area contributed by atoms with Crippen molar-refractivity contribution in [2.24, 2.45) is 0 Å². The normalized spacial score (nSPS) is 22.4. The molecule has 0 aromatic carbocycles. The molecule has 0 aromatic heterocycles. The molecule has 2 heterocycles. The van der Waals surface area contributed by atoms with Crippen LogP contribution in [-0.2, 0) is 14.3 Å². The number of carbonyl (C=O) groups excluding carboxylic acids is 3. The minimum atomic E-state index is -0.473. The van der Waals surface area contributed by atoms with Crippen LogP contribution in [0.15, 0.2) is 0 Å². The summed E-state index contributed by atoms with van der Waals surface area (Å²) >= 11 is 1.27. The van der Waals surface area contributed by atoms with E-state index in [9.17, 15) is 14.4 Å². The molecule has 0 saturated carbocycles. The van der Waals surface area contributed by atoms with Crippen LogP contribution in [0.5, 0.6) is 0 Å². The van der Waals surface area contributed by atoms with Crippen molar-refractivity contribution in [1.82, 2.24) is 14.7 Å². The Kier molecular flexibility index (Phi) is 6.73. The lowest BCUT2D eigenvalue weighted by molar-refractivity contribution is -0.127. The summed E-state index contributed by atoms with van der Waals surface area (Å²) in [4.78, 5) is 41.1. The highest BCUT2D eigenvalue weighted by atomic mass is 32.2. The maximum atomic E-state index is 12.1. The van der Waals surface area contributed by atoms with E-state index in [0.29, 0.717) is 32.6 Å². The molecule has 25 heavy (non-hydrogen) atoms. The van der Waals surface area contributed by atoms with E-state index in [1.165, 1.54) is 11.8 Å². The average Bonchev–Trinajstić information content (AvgIpc) is 2.82. The standard InChI is InChI=1S/C17H29N3O4S/c1-13(21)25-14-11-15(22)20(12-14)10-7-18-5-8-19(9-6-18)16(23)24-17(2,3)4/h14H,5-12H2,1-4H3. The van der Waals surface area contributed by atoms with Gasteiger partial charge in [-0.3, -0.25) is 14.5 Å². The average molecular weight is 372 g/mol. The van der Waals surface area contributed by atoms with Crippen molar-refractivity contribution in [2.45, 2.75) is 45.0 Å². The molecule has 0 spiro atoms. The minimum absolute atomic E-state index is 0.0675. The third-order valence-electron chi connectivity index (χ3n) is 4.22. The van der Waals surface area contributed by atoms with E-state index >= 15 is 0 Å². The van der Waals surface area contributed by atoms with Crippen molar-refractivity contribution >= 4 is 28.9 Å². The largest absolute Gasteiger partial charge is 0.444 e. The van der Waals surface area contributed by atoms with Gasteiger partial charge in [0, 0.05) is 64.4 Å². The van der Waals surface area contributed by atoms with Crippen LogP contribution in [0.2, 0.25) is 0 Å². The number of rotatable bonds is 4. The van der Waals surface area contributed by atoms with Gasteiger partial charge in [-0.25, -0.2) is 4.79 Å². The molecule has 0 bridgehead atoms. The quantitative estimate of drug-likeness (QED) is 0.744. The summed E-state index contributed by atoms with van der Waals surface area (Å²) < 4.78 is 5.40. The summed E-state index contributed by atoms with van der Waals surface area (Å²) in [5.74, 6) is 0.131. The highest BCUT2D eigenvalue weighted by Gasteiger charge is 2.31. The molecule has 2 fully saturated rings. The van der Waals surface area contributed by atoms with Crippen molar-refractivity contribution < 1.29 is 19.1 Å². The number of thioether (sulfide) groups is 1. The van der Waals surface area contributed by atoms with Crippen LogP contribution in [0.25, 0.3) is 0 Å². The molecular formula is C17H29N3O4S. The second-order valence-corrected chi connectivity index (χ2v) is 9.06. The van der Waals surface area contributed by atoms with E-state index in [1.807, 2.05) is 25.7 Å². The van der Waals surface area contributed by atoms with Gasteiger partial charge in [0.2, 0.25) is 5.91 Å². The fraction of sp³-hybridized carbons (Fsp3) is 0.824. The molecule has 0 N–H and O–H groups in total. The molecule has 2 aliphatic heterocycles. The molecule has 0 aromatic rings. The van der Waals surface area contributed by atoms with Crippen molar-refractivity contribution in [3.8, 4) is 0 Å². The Morgan fingerprint density at radius 1 is 1.16 bits per heavy atom. The third-order valence-corrected chi connectivity index (χ3v) is 5.20. The van der Waals surface area contributed by atoms with Gasteiger partial charge in [0.25, 0.3) is 0 Å². The zero-order valence-electron chi connectivity index (χ0n) is 15.6. The molecule has 2 aliphatic rings. The highest BCUT2D eigenvalue weighted by Crippen LogP contribution is 2.24. The van der Waals surface area contributed by atoms with Crippen molar-refractivity contribution in [3.05, 3.63) is 0 Å². The molecule has 0 radical (unpaired) electrons. The molecule has 142 valence electrons.